The minimum absolute atomic E-state index is 0.0869. The zero-order valence-corrected chi connectivity index (χ0v) is 20.4. The van der Waals surface area contributed by atoms with E-state index in [9.17, 15) is 13.2 Å². The lowest BCUT2D eigenvalue weighted by Gasteiger charge is -2.30. The van der Waals surface area contributed by atoms with Crippen molar-refractivity contribution in [3.8, 4) is 0 Å². The summed E-state index contributed by atoms with van der Waals surface area (Å²) < 4.78 is 27.8. The first-order chi connectivity index (χ1) is 14.6. The van der Waals surface area contributed by atoms with E-state index in [1.165, 1.54) is 9.87 Å². The van der Waals surface area contributed by atoms with Crippen molar-refractivity contribution in [1.82, 2.24) is 9.73 Å². The molecule has 1 aliphatic rings. The van der Waals surface area contributed by atoms with Gasteiger partial charge in [0.05, 0.1) is 11.1 Å². The SMILES string of the molecule is CC(C)(C)c1ccc(/C=N\NC(=O)C2CCN(S(=O)(=O)c3ccc(Br)cc3)CC2)cc1. The molecule has 8 heteroatoms. The summed E-state index contributed by atoms with van der Waals surface area (Å²) in [5.74, 6) is -0.431. The molecule has 0 aromatic heterocycles. The van der Waals surface area contributed by atoms with Crippen molar-refractivity contribution >= 4 is 38.1 Å². The van der Waals surface area contributed by atoms with Gasteiger partial charge in [-0.15, -0.1) is 0 Å². The van der Waals surface area contributed by atoms with Gasteiger partial charge in [0.2, 0.25) is 15.9 Å². The molecule has 0 bridgehead atoms. The van der Waals surface area contributed by atoms with Crippen LogP contribution < -0.4 is 5.43 Å². The number of carbonyl (C=O) groups excluding carboxylic acids is 1. The number of benzene rings is 2. The van der Waals surface area contributed by atoms with Crippen LogP contribution in [0.5, 0.6) is 0 Å². The molecule has 0 spiro atoms. The molecule has 1 N–H and O–H groups in total. The van der Waals surface area contributed by atoms with Gasteiger partial charge >= 0.3 is 0 Å². The molecule has 0 saturated carbocycles. The number of carbonyl (C=O) groups is 1. The molecule has 31 heavy (non-hydrogen) atoms. The number of sulfonamides is 1. The van der Waals surface area contributed by atoms with Gasteiger partial charge in [0.25, 0.3) is 0 Å². The number of nitrogens with zero attached hydrogens (tertiary/aromatic N) is 2. The minimum atomic E-state index is -3.54. The van der Waals surface area contributed by atoms with Gasteiger partial charge < -0.3 is 0 Å². The van der Waals surface area contributed by atoms with Gasteiger partial charge in [-0.1, -0.05) is 61.0 Å². The summed E-state index contributed by atoms with van der Waals surface area (Å²) in [4.78, 5) is 12.7. The summed E-state index contributed by atoms with van der Waals surface area (Å²) in [6.07, 6.45) is 2.56. The molecule has 2 aromatic rings. The Morgan fingerprint density at radius 1 is 1.06 bits per heavy atom. The third-order valence-corrected chi connectivity index (χ3v) is 7.88. The number of hydrogen-bond acceptors (Lipinski definition) is 4. The molecular formula is C23H28BrN3O3S. The van der Waals surface area contributed by atoms with Crippen LogP contribution in [0, 0.1) is 5.92 Å². The Bertz CT molecular complexity index is 1030. The van der Waals surface area contributed by atoms with Crippen LogP contribution in [0.4, 0.5) is 0 Å². The summed E-state index contributed by atoms with van der Waals surface area (Å²) in [5.41, 5.74) is 4.82. The highest BCUT2D eigenvalue weighted by atomic mass is 79.9. The van der Waals surface area contributed by atoms with Gasteiger partial charge in [0.1, 0.15) is 0 Å². The molecule has 0 atom stereocenters. The quantitative estimate of drug-likeness (QED) is 0.485. The van der Waals surface area contributed by atoms with Crippen LogP contribution in [0.1, 0.15) is 44.7 Å². The predicted molar refractivity (Wildman–Crippen MR) is 127 cm³/mol. The maximum Gasteiger partial charge on any atom is 0.243 e. The fraction of sp³-hybridized carbons (Fsp3) is 0.391. The van der Waals surface area contributed by atoms with Crippen molar-refractivity contribution in [3.63, 3.8) is 0 Å². The van der Waals surface area contributed by atoms with Crippen molar-refractivity contribution in [2.75, 3.05) is 13.1 Å². The molecule has 166 valence electrons. The van der Waals surface area contributed by atoms with Crippen molar-refractivity contribution in [2.45, 2.75) is 43.9 Å². The van der Waals surface area contributed by atoms with E-state index in [0.29, 0.717) is 25.9 Å². The van der Waals surface area contributed by atoms with Gasteiger partial charge in [-0.2, -0.15) is 9.41 Å². The number of rotatable bonds is 5. The Balaban J connectivity index is 1.52. The fourth-order valence-corrected chi connectivity index (χ4v) is 5.18. The van der Waals surface area contributed by atoms with E-state index in [4.69, 9.17) is 0 Å². The molecule has 0 radical (unpaired) electrons. The molecule has 3 rings (SSSR count). The van der Waals surface area contributed by atoms with Crippen molar-refractivity contribution in [2.24, 2.45) is 11.0 Å². The molecule has 1 aliphatic heterocycles. The first kappa shape index (κ1) is 23.6. The van der Waals surface area contributed by atoms with Gasteiger partial charge in [-0.3, -0.25) is 4.79 Å². The summed E-state index contributed by atoms with van der Waals surface area (Å²) in [6, 6.07) is 14.7. The maximum atomic E-state index is 12.8. The number of hydrogen-bond donors (Lipinski definition) is 1. The topological polar surface area (TPSA) is 78.8 Å². The Morgan fingerprint density at radius 3 is 2.19 bits per heavy atom. The largest absolute Gasteiger partial charge is 0.273 e. The molecule has 1 fully saturated rings. The second-order valence-corrected chi connectivity index (χ2v) is 11.6. The van der Waals surface area contributed by atoms with E-state index in [1.807, 2.05) is 12.1 Å². The summed E-state index contributed by atoms with van der Waals surface area (Å²) in [5, 5.41) is 4.07. The Morgan fingerprint density at radius 2 is 1.65 bits per heavy atom. The molecule has 6 nitrogen and oxygen atoms in total. The number of amides is 1. The van der Waals surface area contributed by atoms with Crippen LogP contribution in [0.3, 0.4) is 0 Å². The second kappa shape index (κ2) is 9.63. The van der Waals surface area contributed by atoms with Crippen LogP contribution in [-0.4, -0.2) is 37.9 Å². The lowest BCUT2D eigenvalue weighted by molar-refractivity contribution is -0.126. The number of halogens is 1. The smallest absolute Gasteiger partial charge is 0.243 e. The van der Waals surface area contributed by atoms with Gasteiger partial charge in [-0.25, -0.2) is 13.8 Å². The maximum absolute atomic E-state index is 12.8. The van der Waals surface area contributed by atoms with Crippen LogP contribution in [0.2, 0.25) is 0 Å². The van der Waals surface area contributed by atoms with Crippen molar-refractivity contribution in [1.29, 1.82) is 0 Å². The van der Waals surface area contributed by atoms with Crippen LogP contribution in [0.25, 0.3) is 0 Å². The lowest BCUT2D eigenvalue weighted by atomic mass is 9.87. The van der Waals surface area contributed by atoms with Gasteiger partial charge in [0, 0.05) is 23.5 Å². The number of hydrazone groups is 1. The Kier molecular flexibility index (Phi) is 7.34. The lowest BCUT2D eigenvalue weighted by Crippen LogP contribution is -2.42. The first-order valence-electron chi connectivity index (χ1n) is 10.3. The minimum Gasteiger partial charge on any atom is -0.273 e. The van der Waals surface area contributed by atoms with Gasteiger partial charge in [0.15, 0.2) is 0 Å². The summed E-state index contributed by atoms with van der Waals surface area (Å²) in [7, 11) is -3.54. The zero-order valence-electron chi connectivity index (χ0n) is 18.0. The number of piperidine rings is 1. The summed E-state index contributed by atoms with van der Waals surface area (Å²) >= 11 is 3.31. The molecule has 1 amide bonds. The van der Waals surface area contributed by atoms with Crippen LogP contribution in [-0.2, 0) is 20.2 Å². The third kappa shape index (κ3) is 6.02. The Hall–Kier alpha value is -2.03. The normalized spacial score (nSPS) is 16.5. The number of nitrogens with one attached hydrogen (secondary N) is 1. The average Bonchev–Trinajstić information content (AvgIpc) is 2.74. The Labute approximate surface area is 192 Å². The summed E-state index contributed by atoms with van der Waals surface area (Å²) in [6.45, 7) is 7.10. The van der Waals surface area contributed by atoms with E-state index in [-0.39, 0.29) is 22.1 Å². The molecule has 2 aromatic carbocycles. The monoisotopic (exact) mass is 505 g/mol. The highest BCUT2D eigenvalue weighted by Gasteiger charge is 2.32. The van der Waals surface area contributed by atoms with E-state index < -0.39 is 10.0 Å². The van der Waals surface area contributed by atoms with E-state index in [2.05, 4.69) is 59.4 Å². The fourth-order valence-electron chi connectivity index (χ4n) is 3.44. The molecule has 0 aliphatic carbocycles. The van der Waals surface area contributed by atoms with Crippen LogP contribution >= 0.6 is 15.9 Å². The van der Waals surface area contributed by atoms with Crippen LogP contribution in [0.15, 0.2) is 63.0 Å². The molecule has 1 heterocycles. The third-order valence-electron chi connectivity index (χ3n) is 5.44. The van der Waals surface area contributed by atoms with Crippen molar-refractivity contribution in [3.05, 3.63) is 64.1 Å². The first-order valence-corrected chi connectivity index (χ1v) is 12.5. The van der Waals surface area contributed by atoms with E-state index >= 15 is 0 Å². The standard InChI is InChI=1S/C23H28BrN3O3S/c1-23(2,3)19-6-4-17(5-7-19)16-25-26-22(28)18-12-14-27(15-13-18)31(29,30)21-10-8-20(24)9-11-21/h4-11,16,18H,12-15H2,1-3H3,(H,26,28)/b25-16-. The average molecular weight is 506 g/mol. The van der Waals surface area contributed by atoms with E-state index in [1.54, 1.807) is 30.5 Å². The second-order valence-electron chi connectivity index (χ2n) is 8.74. The highest BCUT2D eigenvalue weighted by Crippen LogP contribution is 2.25. The predicted octanol–water partition coefficient (Wildman–Crippen LogP) is 4.30. The van der Waals surface area contributed by atoms with Crippen molar-refractivity contribution < 1.29 is 13.2 Å². The molecule has 1 saturated heterocycles. The van der Waals surface area contributed by atoms with Gasteiger partial charge in [-0.05, 0) is 53.6 Å². The van der Waals surface area contributed by atoms with E-state index in [0.717, 1.165) is 10.0 Å². The highest BCUT2D eigenvalue weighted by molar-refractivity contribution is 9.10. The zero-order chi connectivity index (χ0) is 22.6. The molecule has 0 unspecified atom stereocenters. The molecular weight excluding hydrogens is 478 g/mol.